The second kappa shape index (κ2) is 8.81. The largest absolute Gasteiger partial charge is 0.349 e. The molecule has 2 heterocycles. The van der Waals surface area contributed by atoms with Crippen LogP contribution in [-0.4, -0.2) is 34.9 Å². The molecule has 142 valence electrons. The maximum absolute atomic E-state index is 12.7. The van der Waals surface area contributed by atoms with E-state index in [0.29, 0.717) is 5.56 Å². The number of piperidine rings is 1. The Bertz CT molecular complexity index is 903. The molecule has 3 aromatic rings. The molecule has 1 aromatic heterocycles. The third kappa shape index (κ3) is 4.65. The fourth-order valence-corrected chi connectivity index (χ4v) is 3.68. The second-order valence-corrected chi connectivity index (χ2v) is 7.31. The molecule has 1 saturated heterocycles. The first-order chi connectivity index (χ1) is 13.8. The highest BCUT2D eigenvalue weighted by molar-refractivity contribution is 5.95. The van der Waals surface area contributed by atoms with Crippen molar-refractivity contribution >= 4 is 5.91 Å². The van der Waals surface area contributed by atoms with Crippen LogP contribution in [0.3, 0.4) is 0 Å². The van der Waals surface area contributed by atoms with Gasteiger partial charge >= 0.3 is 0 Å². The van der Waals surface area contributed by atoms with Gasteiger partial charge in [0.1, 0.15) is 0 Å². The van der Waals surface area contributed by atoms with Crippen molar-refractivity contribution in [3.05, 3.63) is 90.1 Å². The van der Waals surface area contributed by atoms with Crippen molar-refractivity contribution in [2.45, 2.75) is 25.4 Å². The van der Waals surface area contributed by atoms with Gasteiger partial charge in [0.15, 0.2) is 0 Å². The summed E-state index contributed by atoms with van der Waals surface area (Å²) in [4.78, 5) is 19.6. The van der Waals surface area contributed by atoms with E-state index < -0.39 is 0 Å². The lowest BCUT2D eigenvalue weighted by Crippen LogP contribution is -2.44. The van der Waals surface area contributed by atoms with E-state index in [1.165, 1.54) is 5.56 Å². The number of hydrogen-bond donors (Lipinski definition) is 1. The molecule has 0 aliphatic carbocycles. The Morgan fingerprint density at radius 2 is 1.64 bits per heavy atom. The van der Waals surface area contributed by atoms with Crippen LogP contribution in [0.25, 0.3) is 11.3 Å². The molecule has 2 aromatic carbocycles. The number of rotatable bonds is 5. The molecule has 1 fully saturated rings. The van der Waals surface area contributed by atoms with E-state index in [1.54, 1.807) is 12.3 Å². The normalized spacial score (nSPS) is 15.3. The van der Waals surface area contributed by atoms with Gasteiger partial charge in [-0.3, -0.25) is 14.7 Å². The van der Waals surface area contributed by atoms with Gasteiger partial charge in [-0.05, 0) is 30.5 Å². The zero-order valence-corrected chi connectivity index (χ0v) is 15.9. The fraction of sp³-hybridized carbons (Fsp3) is 0.250. The predicted octanol–water partition coefficient (Wildman–Crippen LogP) is 4.14. The van der Waals surface area contributed by atoms with E-state index in [0.717, 1.165) is 43.7 Å². The summed E-state index contributed by atoms with van der Waals surface area (Å²) in [6, 6.07) is 24.4. The number of nitrogens with one attached hydrogen (secondary N) is 1. The lowest BCUT2D eigenvalue weighted by Gasteiger charge is -2.32. The van der Waals surface area contributed by atoms with Crippen molar-refractivity contribution in [1.29, 1.82) is 0 Å². The van der Waals surface area contributed by atoms with Gasteiger partial charge in [0.25, 0.3) is 5.91 Å². The molecule has 0 radical (unpaired) electrons. The molecule has 0 bridgehead atoms. The number of hydrogen-bond acceptors (Lipinski definition) is 3. The SMILES string of the molecule is O=C(NC1CCN(Cc2ccccc2)CC1)c1ccnc(-c2ccccc2)c1. The third-order valence-corrected chi connectivity index (χ3v) is 5.26. The topological polar surface area (TPSA) is 45.2 Å². The number of benzene rings is 2. The van der Waals surface area contributed by atoms with Crippen molar-refractivity contribution in [2.75, 3.05) is 13.1 Å². The van der Waals surface area contributed by atoms with Crippen LogP contribution in [0.1, 0.15) is 28.8 Å². The predicted molar refractivity (Wildman–Crippen MR) is 112 cm³/mol. The quantitative estimate of drug-likeness (QED) is 0.733. The number of nitrogens with zero attached hydrogens (tertiary/aromatic N) is 2. The molecular formula is C24H25N3O. The average molecular weight is 371 g/mol. The van der Waals surface area contributed by atoms with Gasteiger partial charge in [0, 0.05) is 43.0 Å². The summed E-state index contributed by atoms with van der Waals surface area (Å²) in [6.07, 6.45) is 3.67. The first-order valence-electron chi connectivity index (χ1n) is 9.86. The molecule has 4 rings (SSSR count). The van der Waals surface area contributed by atoms with E-state index in [9.17, 15) is 4.79 Å². The maximum atomic E-state index is 12.7. The molecule has 0 saturated carbocycles. The van der Waals surface area contributed by atoms with Crippen LogP contribution in [0.5, 0.6) is 0 Å². The summed E-state index contributed by atoms with van der Waals surface area (Å²) in [6.45, 7) is 2.99. The van der Waals surface area contributed by atoms with Crippen LogP contribution >= 0.6 is 0 Å². The Balaban J connectivity index is 1.32. The molecule has 4 heteroatoms. The molecule has 0 spiro atoms. The summed E-state index contributed by atoms with van der Waals surface area (Å²) in [7, 11) is 0. The number of carbonyl (C=O) groups excluding carboxylic acids is 1. The van der Waals surface area contributed by atoms with Crippen LogP contribution in [0.4, 0.5) is 0 Å². The Morgan fingerprint density at radius 3 is 2.36 bits per heavy atom. The van der Waals surface area contributed by atoms with Crippen molar-refractivity contribution in [2.24, 2.45) is 0 Å². The van der Waals surface area contributed by atoms with Gasteiger partial charge < -0.3 is 5.32 Å². The van der Waals surface area contributed by atoms with E-state index >= 15 is 0 Å². The summed E-state index contributed by atoms with van der Waals surface area (Å²) in [5, 5.41) is 3.20. The highest BCUT2D eigenvalue weighted by atomic mass is 16.1. The number of likely N-dealkylation sites (tertiary alicyclic amines) is 1. The second-order valence-electron chi connectivity index (χ2n) is 7.31. The molecule has 0 atom stereocenters. The lowest BCUT2D eigenvalue weighted by atomic mass is 10.0. The summed E-state index contributed by atoms with van der Waals surface area (Å²) < 4.78 is 0. The number of pyridine rings is 1. The molecule has 28 heavy (non-hydrogen) atoms. The first kappa shape index (κ1) is 18.4. The van der Waals surface area contributed by atoms with Gasteiger partial charge in [-0.2, -0.15) is 0 Å². The Hall–Kier alpha value is -2.98. The van der Waals surface area contributed by atoms with Gasteiger partial charge in [-0.15, -0.1) is 0 Å². The highest BCUT2D eigenvalue weighted by Crippen LogP contribution is 2.18. The standard InChI is InChI=1S/C24H25N3O/c28-24(21-11-14-25-23(17-21)20-9-5-2-6-10-20)26-22-12-15-27(16-13-22)18-19-7-3-1-4-8-19/h1-11,14,17,22H,12-13,15-16,18H2,(H,26,28). The number of amides is 1. The van der Waals surface area contributed by atoms with Gasteiger partial charge in [-0.25, -0.2) is 0 Å². The molecular weight excluding hydrogens is 346 g/mol. The monoisotopic (exact) mass is 371 g/mol. The van der Waals surface area contributed by atoms with E-state index in [-0.39, 0.29) is 11.9 Å². The van der Waals surface area contributed by atoms with Gasteiger partial charge in [0.2, 0.25) is 0 Å². The molecule has 0 unspecified atom stereocenters. The molecule has 4 nitrogen and oxygen atoms in total. The van der Waals surface area contributed by atoms with Crippen molar-refractivity contribution in [3.63, 3.8) is 0 Å². The minimum atomic E-state index is -0.0129. The van der Waals surface area contributed by atoms with Gasteiger partial charge in [0.05, 0.1) is 5.69 Å². The Kier molecular flexibility index (Phi) is 5.78. The minimum absolute atomic E-state index is 0.0129. The summed E-state index contributed by atoms with van der Waals surface area (Å²) in [5.74, 6) is -0.0129. The first-order valence-corrected chi connectivity index (χ1v) is 9.86. The highest BCUT2D eigenvalue weighted by Gasteiger charge is 2.21. The molecule has 1 aliphatic heterocycles. The number of aromatic nitrogens is 1. The van der Waals surface area contributed by atoms with E-state index in [2.05, 4.69) is 39.5 Å². The maximum Gasteiger partial charge on any atom is 0.251 e. The third-order valence-electron chi connectivity index (χ3n) is 5.26. The van der Waals surface area contributed by atoms with Crippen molar-refractivity contribution < 1.29 is 4.79 Å². The van der Waals surface area contributed by atoms with E-state index in [1.807, 2.05) is 42.5 Å². The van der Waals surface area contributed by atoms with Crippen LogP contribution in [0.15, 0.2) is 79.0 Å². The minimum Gasteiger partial charge on any atom is -0.349 e. The van der Waals surface area contributed by atoms with Gasteiger partial charge in [-0.1, -0.05) is 60.7 Å². The fourth-order valence-electron chi connectivity index (χ4n) is 3.68. The van der Waals surface area contributed by atoms with Crippen LogP contribution < -0.4 is 5.32 Å². The van der Waals surface area contributed by atoms with Crippen molar-refractivity contribution in [3.8, 4) is 11.3 Å². The van der Waals surface area contributed by atoms with Crippen LogP contribution in [0, 0.1) is 0 Å². The average Bonchev–Trinajstić information content (AvgIpc) is 2.76. The summed E-state index contributed by atoms with van der Waals surface area (Å²) >= 11 is 0. The molecule has 1 aliphatic rings. The summed E-state index contributed by atoms with van der Waals surface area (Å²) in [5.41, 5.74) is 3.85. The smallest absolute Gasteiger partial charge is 0.251 e. The zero-order chi connectivity index (χ0) is 19.2. The Labute approximate surface area is 166 Å². The molecule has 1 amide bonds. The number of carbonyl (C=O) groups is 1. The zero-order valence-electron chi connectivity index (χ0n) is 15.9. The van der Waals surface area contributed by atoms with Crippen LogP contribution in [0.2, 0.25) is 0 Å². The Morgan fingerprint density at radius 1 is 0.964 bits per heavy atom. The van der Waals surface area contributed by atoms with Crippen LogP contribution in [-0.2, 0) is 6.54 Å². The van der Waals surface area contributed by atoms with Crippen molar-refractivity contribution in [1.82, 2.24) is 15.2 Å². The van der Waals surface area contributed by atoms with E-state index in [4.69, 9.17) is 0 Å². The molecule has 1 N–H and O–H groups in total. The lowest BCUT2D eigenvalue weighted by molar-refractivity contribution is 0.0909.